The third-order valence-corrected chi connectivity index (χ3v) is 4.48. The first-order valence-electron chi connectivity index (χ1n) is 9.75. The van der Waals surface area contributed by atoms with E-state index in [1.165, 1.54) is 18.3 Å². The Labute approximate surface area is 182 Å². The van der Waals surface area contributed by atoms with Crippen molar-refractivity contribution in [2.45, 2.75) is 0 Å². The number of phenolic OH excluding ortho intramolecular Hbond substituents is 1. The molecular formula is C20H20N8O4. The molecule has 1 fully saturated rings. The molecule has 1 aliphatic heterocycles. The van der Waals surface area contributed by atoms with Gasteiger partial charge >= 0.3 is 0 Å². The number of nitrogens with zero attached hydrogens (tertiary/aromatic N) is 6. The van der Waals surface area contributed by atoms with E-state index in [4.69, 9.17) is 4.74 Å². The molecular weight excluding hydrogens is 416 g/mol. The fourth-order valence-corrected chi connectivity index (χ4v) is 2.97. The van der Waals surface area contributed by atoms with E-state index in [1.54, 1.807) is 36.4 Å². The molecule has 3 N–H and O–H groups in total. The smallest absolute Gasteiger partial charge is 0.271 e. The van der Waals surface area contributed by atoms with E-state index in [0.29, 0.717) is 43.5 Å². The van der Waals surface area contributed by atoms with E-state index >= 15 is 0 Å². The molecule has 1 aromatic heterocycles. The van der Waals surface area contributed by atoms with Crippen LogP contribution in [0, 0.1) is 10.1 Å². The molecule has 2 heterocycles. The summed E-state index contributed by atoms with van der Waals surface area (Å²) >= 11 is 0. The van der Waals surface area contributed by atoms with Gasteiger partial charge in [0.15, 0.2) is 0 Å². The lowest BCUT2D eigenvalue weighted by Crippen LogP contribution is -2.37. The molecule has 0 unspecified atom stereocenters. The van der Waals surface area contributed by atoms with Crippen molar-refractivity contribution in [3.8, 4) is 5.75 Å². The lowest BCUT2D eigenvalue weighted by atomic mass is 10.2. The first-order valence-corrected chi connectivity index (χ1v) is 9.75. The highest BCUT2D eigenvalue weighted by atomic mass is 16.6. The maximum absolute atomic E-state index is 11.1. The maximum atomic E-state index is 11.1. The molecule has 2 aromatic carbocycles. The number of anilines is 4. The number of nitro groups is 1. The number of hydrogen-bond donors (Lipinski definition) is 3. The minimum absolute atomic E-state index is 0.0495. The number of aromatic hydroxyl groups is 1. The fraction of sp³-hybridized carbons (Fsp3) is 0.200. The standard InChI is InChI=1S/C20H20N8O4/c29-17-6-1-3-14(11-17)13-21-26-19-23-18(22-15-4-2-5-16(12-15)28(30)31)24-20(25-19)27-7-9-32-10-8-27/h1-6,11-13,29H,7-10H2,(H2,22,23,24,25,26)/b21-13+. The number of morpholine rings is 1. The van der Waals surface area contributed by atoms with Gasteiger partial charge in [0.05, 0.1) is 24.4 Å². The Balaban J connectivity index is 1.59. The molecule has 164 valence electrons. The number of phenols is 1. The van der Waals surface area contributed by atoms with Crippen molar-refractivity contribution >= 4 is 35.4 Å². The fourth-order valence-electron chi connectivity index (χ4n) is 2.97. The largest absolute Gasteiger partial charge is 0.508 e. The molecule has 0 aliphatic carbocycles. The van der Waals surface area contributed by atoms with Crippen LogP contribution < -0.4 is 15.6 Å². The average molecular weight is 436 g/mol. The van der Waals surface area contributed by atoms with Crippen molar-refractivity contribution in [3.05, 3.63) is 64.2 Å². The topological polar surface area (TPSA) is 151 Å². The highest BCUT2D eigenvalue weighted by Crippen LogP contribution is 2.22. The van der Waals surface area contributed by atoms with Crippen LogP contribution in [0.5, 0.6) is 5.75 Å². The van der Waals surface area contributed by atoms with E-state index in [9.17, 15) is 15.2 Å². The molecule has 32 heavy (non-hydrogen) atoms. The lowest BCUT2D eigenvalue weighted by molar-refractivity contribution is -0.384. The molecule has 12 nitrogen and oxygen atoms in total. The highest BCUT2D eigenvalue weighted by molar-refractivity contribution is 5.80. The Morgan fingerprint density at radius 2 is 1.88 bits per heavy atom. The van der Waals surface area contributed by atoms with Crippen LogP contribution in [0.15, 0.2) is 53.6 Å². The van der Waals surface area contributed by atoms with E-state index in [-0.39, 0.29) is 23.3 Å². The summed E-state index contributed by atoms with van der Waals surface area (Å²) in [6.07, 6.45) is 1.52. The lowest BCUT2D eigenvalue weighted by Gasteiger charge is -2.27. The molecule has 1 aliphatic rings. The number of non-ortho nitro benzene ring substituents is 1. The summed E-state index contributed by atoms with van der Waals surface area (Å²) in [7, 11) is 0. The van der Waals surface area contributed by atoms with Gasteiger partial charge in [-0.15, -0.1) is 0 Å². The molecule has 0 atom stereocenters. The monoisotopic (exact) mass is 436 g/mol. The van der Waals surface area contributed by atoms with Crippen molar-refractivity contribution < 1.29 is 14.8 Å². The molecule has 0 amide bonds. The zero-order valence-electron chi connectivity index (χ0n) is 16.9. The number of hydrazone groups is 1. The van der Waals surface area contributed by atoms with Crippen LogP contribution in [-0.2, 0) is 4.74 Å². The van der Waals surface area contributed by atoms with Gasteiger partial charge in [-0.2, -0.15) is 20.1 Å². The summed E-state index contributed by atoms with van der Waals surface area (Å²) in [4.78, 5) is 25.7. The van der Waals surface area contributed by atoms with E-state index < -0.39 is 4.92 Å². The zero-order chi connectivity index (χ0) is 22.3. The summed E-state index contributed by atoms with van der Waals surface area (Å²) in [6, 6.07) is 12.7. The van der Waals surface area contributed by atoms with Gasteiger partial charge in [0.2, 0.25) is 17.8 Å². The number of rotatable bonds is 7. The molecule has 12 heteroatoms. The minimum atomic E-state index is -0.471. The predicted molar refractivity (Wildman–Crippen MR) is 119 cm³/mol. The van der Waals surface area contributed by atoms with Gasteiger partial charge in [-0.1, -0.05) is 18.2 Å². The van der Waals surface area contributed by atoms with E-state index in [1.807, 2.05) is 4.90 Å². The molecule has 1 saturated heterocycles. The quantitative estimate of drug-likeness (QED) is 0.286. The number of nitrogens with one attached hydrogen (secondary N) is 2. The van der Waals surface area contributed by atoms with Crippen molar-refractivity contribution in [1.82, 2.24) is 15.0 Å². The Bertz CT molecular complexity index is 1130. The number of ether oxygens (including phenoxy) is 1. The van der Waals surface area contributed by atoms with Crippen LogP contribution >= 0.6 is 0 Å². The molecule has 4 rings (SSSR count). The first-order chi connectivity index (χ1) is 15.6. The molecule has 0 spiro atoms. The average Bonchev–Trinajstić information content (AvgIpc) is 2.80. The van der Waals surface area contributed by atoms with E-state index in [0.717, 1.165) is 0 Å². The van der Waals surface area contributed by atoms with Crippen LogP contribution in [0.1, 0.15) is 5.56 Å². The SMILES string of the molecule is O=[N+]([O-])c1cccc(Nc2nc(N/N=C/c3cccc(O)c3)nc(N3CCOCC3)n2)c1. The van der Waals surface area contributed by atoms with Gasteiger partial charge in [0.1, 0.15) is 5.75 Å². The van der Waals surface area contributed by atoms with Crippen molar-refractivity contribution in [3.63, 3.8) is 0 Å². The van der Waals surface area contributed by atoms with Gasteiger partial charge in [-0.05, 0) is 23.8 Å². The predicted octanol–water partition coefficient (Wildman–Crippen LogP) is 2.51. The Morgan fingerprint density at radius 3 is 2.66 bits per heavy atom. The van der Waals surface area contributed by atoms with Crippen LogP contribution in [-0.4, -0.2) is 57.5 Å². The van der Waals surface area contributed by atoms with Crippen molar-refractivity contribution in [1.29, 1.82) is 0 Å². The Hall–Kier alpha value is -4.32. The molecule has 0 saturated carbocycles. The Morgan fingerprint density at radius 1 is 1.09 bits per heavy atom. The summed E-state index contributed by atoms with van der Waals surface area (Å²) in [5, 5.41) is 27.7. The number of benzene rings is 2. The van der Waals surface area contributed by atoms with Crippen LogP contribution in [0.2, 0.25) is 0 Å². The van der Waals surface area contributed by atoms with Gasteiger partial charge in [-0.3, -0.25) is 10.1 Å². The molecule has 3 aromatic rings. The second-order valence-electron chi connectivity index (χ2n) is 6.78. The van der Waals surface area contributed by atoms with Gasteiger partial charge in [-0.25, -0.2) is 5.43 Å². The normalized spacial score (nSPS) is 13.8. The number of hydrogen-bond acceptors (Lipinski definition) is 11. The minimum Gasteiger partial charge on any atom is -0.508 e. The summed E-state index contributed by atoms with van der Waals surface area (Å²) in [5.74, 6) is 0.946. The molecule has 0 bridgehead atoms. The zero-order valence-corrected chi connectivity index (χ0v) is 16.9. The summed E-state index contributed by atoms with van der Waals surface area (Å²) in [6.45, 7) is 2.34. The van der Waals surface area contributed by atoms with E-state index in [2.05, 4.69) is 30.8 Å². The van der Waals surface area contributed by atoms with Crippen molar-refractivity contribution in [2.24, 2.45) is 5.10 Å². The van der Waals surface area contributed by atoms with Crippen molar-refractivity contribution in [2.75, 3.05) is 41.9 Å². The van der Waals surface area contributed by atoms with Gasteiger partial charge < -0.3 is 20.1 Å². The van der Waals surface area contributed by atoms with Crippen LogP contribution in [0.3, 0.4) is 0 Å². The maximum Gasteiger partial charge on any atom is 0.271 e. The summed E-state index contributed by atoms with van der Waals surface area (Å²) in [5.41, 5.74) is 3.87. The Kier molecular flexibility index (Phi) is 6.32. The second-order valence-corrected chi connectivity index (χ2v) is 6.78. The summed E-state index contributed by atoms with van der Waals surface area (Å²) < 4.78 is 5.38. The third kappa shape index (κ3) is 5.43. The second kappa shape index (κ2) is 9.66. The van der Waals surface area contributed by atoms with Crippen LogP contribution in [0.25, 0.3) is 0 Å². The third-order valence-electron chi connectivity index (χ3n) is 4.48. The van der Waals surface area contributed by atoms with Gasteiger partial charge in [0, 0.05) is 30.9 Å². The first kappa shape index (κ1) is 20.9. The van der Waals surface area contributed by atoms with Gasteiger partial charge in [0.25, 0.3) is 5.69 Å². The number of nitro benzene ring substituents is 1. The number of aromatic nitrogens is 3. The molecule has 0 radical (unpaired) electrons. The highest BCUT2D eigenvalue weighted by Gasteiger charge is 2.17. The van der Waals surface area contributed by atoms with Crippen LogP contribution in [0.4, 0.5) is 29.2 Å².